The first-order chi connectivity index (χ1) is 9.86. The molecule has 1 aromatic carbocycles. The predicted octanol–water partition coefficient (Wildman–Crippen LogP) is 3.31. The molecule has 0 aliphatic carbocycles. The first-order valence-electron chi connectivity index (χ1n) is 6.18. The number of fused-ring (bicyclic) bond motifs is 1. The van der Waals surface area contributed by atoms with Gasteiger partial charge in [0.05, 0.1) is 30.2 Å². The Hall–Kier alpha value is -1.54. The molecule has 0 fully saturated rings. The van der Waals surface area contributed by atoms with Crippen LogP contribution in [0.3, 0.4) is 0 Å². The Kier molecular flexibility index (Phi) is 3.45. The number of ether oxygens (including phenoxy) is 1. The van der Waals surface area contributed by atoms with Gasteiger partial charge in [-0.2, -0.15) is 18.3 Å². The quantitative estimate of drug-likeness (QED) is 0.847. The minimum absolute atomic E-state index is 0.290. The van der Waals surface area contributed by atoms with Crippen molar-refractivity contribution in [2.45, 2.75) is 19.2 Å². The van der Waals surface area contributed by atoms with Crippen LogP contribution in [0, 0.1) is 0 Å². The lowest BCUT2D eigenvalue weighted by molar-refractivity contribution is -0.137. The molecule has 0 spiro atoms. The van der Waals surface area contributed by atoms with Crippen molar-refractivity contribution in [2.24, 2.45) is 0 Å². The predicted molar refractivity (Wildman–Crippen MR) is 74.0 cm³/mol. The fourth-order valence-corrected chi connectivity index (χ4v) is 2.82. The lowest BCUT2D eigenvalue weighted by atomic mass is 10.1. The summed E-state index contributed by atoms with van der Waals surface area (Å²) in [5.74, 6) is 0.290. The monoisotopic (exact) mass is 361 g/mol. The molecule has 4 nitrogen and oxygen atoms in total. The Balaban J connectivity index is 2.15. The lowest BCUT2D eigenvalue weighted by Crippen LogP contribution is -2.14. The van der Waals surface area contributed by atoms with E-state index in [0.717, 1.165) is 23.4 Å². The topological polar surface area (TPSA) is 53.1 Å². The highest BCUT2D eigenvalue weighted by atomic mass is 79.9. The highest BCUT2D eigenvalue weighted by molar-refractivity contribution is 9.10. The maximum atomic E-state index is 12.9. The van der Waals surface area contributed by atoms with Gasteiger partial charge in [-0.25, -0.2) is 4.68 Å². The Labute approximate surface area is 126 Å². The Morgan fingerprint density at radius 1 is 1.29 bits per heavy atom. The third-order valence-corrected chi connectivity index (χ3v) is 3.76. The van der Waals surface area contributed by atoms with Crippen LogP contribution in [0.4, 0.5) is 19.0 Å². The number of nitrogens with two attached hydrogens (primary N) is 1. The van der Waals surface area contributed by atoms with Gasteiger partial charge in [0, 0.05) is 16.5 Å². The second-order valence-electron chi connectivity index (χ2n) is 4.72. The molecule has 8 heteroatoms. The summed E-state index contributed by atoms with van der Waals surface area (Å²) in [6, 6.07) is 3.68. The molecule has 0 unspecified atom stereocenters. The summed E-state index contributed by atoms with van der Waals surface area (Å²) in [7, 11) is 0. The zero-order valence-corrected chi connectivity index (χ0v) is 12.3. The van der Waals surface area contributed by atoms with Gasteiger partial charge < -0.3 is 10.5 Å². The van der Waals surface area contributed by atoms with Gasteiger partial charge >= 0.3 is 6.18 Å². The second-order valence-corrected chi connectivity index (χ2v) is 5.64. The van der Waals surface area contributed by atoms with Crippen molar-refractivity contribution in [3.63, 3.8) is 0 Å². The SMILES string of the molecule is Nc1nn(-c2cc(Br)cc(C(F)(F)F)c2)c2c1COCC2. The van der Waals surface area contributed by atoms with Crippen LogP contribution in [0.5, 0.6) is 0 Å². The summed E-state index contributed by atoms with van der Waals surface area (Å²) >= 11 is 3.11. The van der Waals surface area contributed by atoms with Crippen LogP contribution >= 0.6 is 15.9 Å². The lowest BCUT2D eigenvalue weighted by Gasteiger charge is -2.16. The maximum Gasteiger partial charge on any atom is 0.416 e. The molecule has 0 saturated carbocycles. The summed E-state index contributed by atoms with van der Waals surface area (Å²) in [4.78, 5) is 0. The molecule has 0 amide bonds. The summed E-state index contributed by atoms with van der Waals surface area (Å²) in [6.45, 7) is 0.833. The Morgan fingerprint density at radius 3 is 2.76 bits per heavy atom. The smallest absolute Gasteiger partial charge is 0.382 e. The summed E-state index contributed by atoms with van der Waals surface area (Å²) in [5, 5.41) is 4.15. The van der Waals surface area contributed by atoms with E-state index in [4.69, 9.17) is 10.5 Å². The molecule has 2 aromatic rings. The average Bonchev–Trinajstić information content (AvgIpc) is 2.75. The molecule has 1 aromatic heterocycles. The molecule has 2 heterocycles. The summed E-state index contributed by atoms with van der Waals surface area (Å²) < 4.78 is 45.8. The normalized spacial score (nSPS) is 15.0. The maximum absolute atomic E-state index is 12.9. The molecule has 0 bridgehead atoms. The van der Waals surface area contributed by atoms with Crippen LogP contribution in [0.2, 0.25) is 0 Å². The van der Waals surface area contributed by atoms with Gasteiger partial charge in [-0.15, -0.1) is 0 Å². The Morgan fingerprint density at radius 2 is 2.05 bits per heavy atom. The molecule has 0 atom stereocenters. The van der Waals surface area contributed by atoms with E-state index < -0.39 is 11.7 Å². The van der Waals surface area contributed by atoms with E-state index in [2.05, 4.69) is 21.0 Å². The van der Waals surface area contributed by atoms with E-state index >= 15 is 0 Å². The van der Waals surface area contributed by atoms with Crippen LogP contribution in [-0.2, 0) is 23.9 Å². The second kappa shape index (κ2) is 5.03. The van der Waals surface area contributed by atoms with Gasteiger partial charge in [-0.1, -0.05) is 15.9 Å². The van der Waals surface area contributed by atoms with Gasteiger partial charge in [-0.05, 0) is 18.2 Å². The van der Waals surface area contributed by atoms with Crippen LogP contribution in [-0.4, -0.2) is 16.4 Å². The van der Waals surface area contributed by atoms with Crippen molar-refractivity contribution in [2.75, 3.05) is 12.3 Å². The highest BCUT2D eigenvalue weighted by Gasteiger charge is 2.32. The third kappa shape index (κ3) is 2.65. The van der Waals surface area contributed by atoms with Gasteiger partial charge in [0.1, 0.15) is 0 Å². The van der Waals surface area contributed by atoms with Crippen molar-refractivity contribution in [3.8, 4) is 5.69 Å². The first kappa shape index (κ1) is 14.4. The molecule has 2 N–H and O–H groups in total. The van der Waals surface area contributed by atoms with E-state index in [1.807, 2.05) is 0 Å². The zero-order chi connectivity index (χ0) is 15.2. The number of rotatable bonds is 1. The standard InChI is InChI=1S/C13H11BrF3N3O/c14-8-3-7(13(15,16)17)4-9(5-8)20-11-1-2-21-6-10(11)12(18)19-20/h3-5H,1-2,6H2,(H2,18,19). The number of halogens is 4. The van der Waals surface area contributed by atoms with E-state index in [1.54, 1.807) is 6.07 Å². The molecule has 0 radical (unpaired) electrons. The van der Waals surface area contributed by atoms with Crippen molar-refractivity contribution in [1.29, 1.82) is 0 Å². The number of nitrogen functional groups attached to an aromatic ring is 1. The molecule has 21 heavy (non-hydrogen) atoms. The molecular formula is C13H11BrF3N3O. The fraction of sp³-hybridized carbons (Fsp3) is 0.308. The number of hydrogen-bond acceptors (Lipinski definition) is 3. The highest BCUT2D eigenvalue weighted by Crippen LogP contribution is 2.34. The van der Waals surface area contributed by atoms with E-state index in [0.29, 0.717) is 35.6 Å². The molecule has 1 aliphatic heterocycles. The molecule has 0 saturated heterocycles. The fourth-order valence-electron chi connectivity index (χ4n) is 2.33. The molecule has 112 valence electrons. The number of hydrogen-bond donors (Lipinski definition) is 1. The molecule has 3 rings (SSSR count). The van der Waals surface area contributed by atoms with Crippen molar-refractivity contribution < 1.29 is 17.9 Å². The van der Waals surface area contributed by atoms with Crippen molar-refractivity contribution >= 4 is 21.7 Å². The summed E-state index contributed by atoms with van der Waals surface area (Å²) in [6.07, 6.45) is -3.85. The van der Waals surface area contributed by atoms with E-state index in [1.165, 1.54) is 4.68 Å². The number of nitrogens with zero attached hydrogens (tertiary/aromatic N) is 2. The van der Waals surface area contributed by atoms with Crippen molar-refractivity contribution in [1.82, 2.24) is 9.78 Å². The van der Waals surface area contributed by atoms with Gasteiger partial charge in [0.2, 0.25) is 0 Å². The van der Waals surface area contributed by atoms with Crippen LogP contribution < -0.4 is 5.73 Å². The van der Waals surface area contributed by atoms with Gasteiger partial charge in [0.25, 0.3) is 0 Å². The number of benzene rings is 1. The molecular weight excluding hydrogens is 351 g/mol. The van der Waals surface area contributed by atoms with E-state index in [9.17, 15) is 13.2 Å². The minimum atomic E-state index is -4.42. The van der Waals surface area contributed by atoms with Gasteiger partial charge in [-0.3, -0.25) is 0 Å². The van der Waals surface area contributed by atoms with Crippen LogP contribution in [0.1, 0.15) is 16.8 Å². The van der Waals surface area contributed by atoms with E-state index in [-0.39, 0.29) is 0 Å². The zero-order valence-electron chi connectivity index (χ0n) is 10.7. The first-order valence-corrected chi connectivity index (χ1v) is 6.97. The third-order valence-electron chi connectivity index (χ3n) is 3.30. The van der Waals surface area contributed by atoms with Crippen LogP contribution in [0.15, 0.2) is 22.7 Å². The van der Waals surface area contributed by atoms with Crippen molar-refractivity contribution in [3.05, 3.63) is 39.5 Å². The number of alkyl halides is 3. The minimum Gasteiger partial charge on any atom is -0.382 e. The number of aromatic nitrogens is 2. The average molecular weight is 362 g/mol. The van der Waals surface area contributed by atoms with Gasteiger partial charge in [0.15, 0.2) is 5.82 Å². The number of anilines is 1. The largest absolute Gasteiger partial charge is 0.416 e. The Bertz CT molecular complexity index is 697. The summed E-state index contributed by atoms with van der Waals surface area (Å²) in [5.41, 5.74) is 6.95. The van der Waals surface area contributed by atoms with Crippen LogP contribution in [0.25, 0.3) is 5.69 Å². The molecule has 1 aliphatic rings.